The topological polar surface area (TPSA) is 78.5 Å². The second kappa shape index (κ2) is 6.38. The number of aliphatic hydroxyl groups is 1. The van der Waals surface area contributed by atoms with E-state index in [0.29, 0.717) is 5.82 Å². The molecule has 0 radical (unpaired) electrons. The number of aliphatic hydroxyl groups excluding tert-OH is 1. The first kappa shape index (κ1) is 14.2. The number of piperazine rings is 1. The van der Waals surface area contributed by atoms with E-state index in [-0.39, 0.29) is 6.61 Å². The van der Waals surface area contributed by atoms with Gasteiger partial charge in [-0.3, -0.25) is 9.88 Å². The number of aromatic nitrogens is 2. The van der Waals surface area contributed by atoms with Crippen molar-refractivity contribution in [2.45, 2.75) is 0 Å². The van der Waals surface area contributed by atoms with Crippen LogP contribution < -0.4 is 10.6 Å². The summed E-state index contributed by atoms with van der Waals surface area (Å²) in [5.74, 6) is 0.582. The Morgan fingerprint density at radius 1 is 1.19 bits per heavy atom. The SMILES string of the molecule is Nc1nsc(N2CCN(CCO)CC2)c1-c1ccncc1. The number of β-amino-alcohol motifs (C(OH)–C–C–N with tert-alkyl or cyclic N) is 1. The minimum absolute atomic E-state index is 0.218. The summed E-state index contributed by atoms with van der Waals surface area (Å²) < 4.78 is 4.33. The Morgan fingerprint density at radius 3 is 2.57 bits per heavy atom. The van der Waals surface area contributed by atoms with Crippen LogP contribution in [0.5, 0.6) is 0 Å². The molecule has 0 unspecified atom stereocenters. The molecule has 3 heterocycles. The lowest BCUT2D eigenvalue weighted by atomic mass is 10.1. The fourth-order valence-corrected chi connectivity index (χ4v) is 3.50. The maximum atomic E-state index is 9.01. The van der Waals surface area contributed by atoms with E-state index in [9.17, 15) is 0 Å². The number of anilines is 2. The van der Waals surface area contributed by atoms with Gasteiger partial charge in [-0.2, -0.15) is 4.37 Å². The van der Waals surface area contributed by atoms with Gasteiger partial charge in [-0.25, -0.2) is 0 Å². The molecular formula is C14H19N5OS. The number of nitrogens with zero attached hydrogens (tertiary/aromatic N) is 4. The summed E-state index contributed by atoms with van der Waals surface area (Å²) in [6, 6.07) is 3.93. The maximum Gasteiger partial charge on any atom is 0.147 e. The van der Waals surface area contributed by atoms with Gasteiger partial charge in [0.15, 0.2) is 0 Å². The van der Waals surface area contributed by atoms with Crippen molar-refractivity contribution >= 4 is 22.4 Å². The van der Waals surface area contributed by atoms with Crippen LogP contribution in [0.1, 0.15) is 0 Å². The highest BCUT2D eigenvalue weighted by Gasteiger charge is 2.23. The van der Waals surface area contributed by atoms with Gasteiger partial charge in [0.25, 0.3) is 0 Å². The molecule has 0 amide bonds. The largest absolute Gasteiger partial charge is 0.395 e. The van der Waals surface area contributed by atoms with Gasteiger partial charge in [-0.15, -0.1) is 0 Å². The minimum Gasteiger partial charge on any atom is -0.395 e. The van der Waals surface area contributed by atoms with Crippen molar-refractivity contribution < 1.29 is 5.11 Å². The van der Waals surface area contributed by atoms with Crippen molar-refractivity contribution in [1.82, 2.24) is 14.3 Å². The van der Waals surface area contributed by atoms with Crippen LogP contribution in [-0.4, -0.2) is 58.7 Å². The number of pyridine rings is 1. The van der Waals surface area contributed by atoms with E-state index in [1.165, 1.54) is 11.5 Å². The summed E-state index contributed by atoms with van der Waals surface area (Å²) in [4.78, 5) is 8.66. The monoisotopic (exact) mass is 305 g/mol. The molecule has 0 bridgehead atoms. The standard InChI is InChI=1S/C14H19N5OS/c15-13-12(11-1-3-16-4-2-11)14(21-17-13)19-7-5-18(6-8-19)9-10-20/h1-4,20H,5-10H2,(H2,15,17). The Kier molecular flexibility index (Phi) is 4.33. The molecule has 1 aliphatic heterocycles. The Labute approximate surface area is 128 Å². The average Bonchev–Trinajstić information content (AvgIpc) is 2.91. The molecule has 0 aromatic carbocycles. The average molecular weight is 305 g/mol. The molecule has 0 saturated carbocycles. The first-order valence-electron chi connectivity index (χ1n) is 7.03. The second-order valence-electron chi connectivity index (χ2n) is 5.04. The quantitative estimate of drug-likeness (QED) is 0.874. The van der Waals surface area contributed by atoms with Crippen LogP contribution in [0.2, 0.25) is 0 Å². The lowest BCUT2D eigenvalue weighted by molar-refractivity contribution is 0.189. The van der Waals surface area contributed by atoms with Crippen molar-refractivity contribution in [1.29, 1.82) is 0 Å². The smallest absolute Gasteiger partial charge is 0.147 e. The third kappa shape index (κ3) is 2.99. The van der Waals surface area contributed by atoms with Crippen LogP contribution >= 0.6 is 11.5 Å². The van der Waals surface area contributed by atoms with Gasteiger partial charge in [0, 0.05) is 45.1 Å². The third-order valence-corrected chi connectivity index (χ3v) is 4.67. The Hall–Kier alpha value is -1.70. The van der Waals surface area contributed by atoms with E-state index in [2.05, 4.69) is 19.2 Å². The van der Waals surface area contributed by atoms with Crippen molar-refractivity contribution in [3.63, 3.8) is 0 Å². The summed E-state index contributed by atoms with van der Waals surface area (Å²) in [7, 11) is 0. The molecule has 0 aliphatic carbocycles. The predicted molar refractivity (Wildman–Crippen MR) is 85.5 cm³/mol. The zero-order valence-electron chi connectivity index (χ0n) is 11.8. The van der Waals surface area contributed by atoms with Gasteiger partial charge in [-0.1, -0.05) is 0 Å². The summed E-state index contributed by atoms with van der Waals surface area (Å²) in [5, 5.41) is 10.1. The van der Waals surface area contributed by atoms with E-state index in [0.717, 1.165) is 48.9 Å². The molecule has 2 aromatic rings. The fraction of sp³-hybridized carbons (Fsp3) is 0.429. The van der Waals surface area contributed by atoms with Gasteiger partial charge in [0.1, 0.15) is 10.8 Å². The molecule has 0 spiro atoms. The Bertz CT molecular complexity index is 580. The van der Waals surface area contributed by atoms with Crippen LogP contribution in [0, 0.1) is 0 Å². The van der Waals surface area contributed by atoms with Crippen LogP contribution in [0.3, 0.4) is 0 Å². The lowest BCUT2D eigenvalue weighted by Gasteiger charge is -2.35. The lowest BCUT2D eigenvalue weighted by Crippen LogP contribution is -2.47. The zero-order chi connectivity index (χ0) is 14.7. The highest BCUT2D eigenvalue weighted by atomic mass is 32.1. The molecule has 1 aliphatic rings. The second-order valence-corrected chi connectivity index (χ2v) is 5.79. The minimum atomic E-state index is 0.218. The third-order valence-electron chi connectivity index (χ3n) is 3.75. The van der Waals surface area contributed by atoms with E-state index < -0.39 is 0 Å². The Balaban J connectivity index is 1.81. The van der Waals surface area contributed by atoms with Crippen molar-refractivity contribution in [2.75, 3.05) is 50.0 Å². The number of hydrogen-bond donors (Lipinski definition) is 2. The highest BCUT2D eigenvalue weighted by Crippen LogP contribution is 2.39. The summed E-state index contributed by atoms with van der Waals surface area (Å²) in [6.45, 7) is 4.73. The number of rotatable bonds is 4. The first-order chi connectivity index (χ1) is 10.3. The molecule has 112 valence electrons. The van der Waals surface area contributed by atoms with Gasteiger partial charge in [-0.05, 0) is 29.2 Å². The molecule has 0 atom stereocenters. The first-order valence-corrected chi connectivity index (χ1v) is 7.80. The summed E-state index contributed by atoms with van der Waals surface area (Å²) >= 11 is 1.45. The molecule has 2 aromatic heterocycles. The predicted octanol–water partition coefficient (Wildman–Crippen LogP) is 0.902. The van der Waals surface area contributed by atoms with E-state index in [1.807, 2.05) is 12.1 Å². The molecule has 21 heavy (non-hydrogen) atoms. The molecule has 1 saturated heterocycles. The van der Waals surface area contributed by atoms with Crippen LogP contribution in [0.15, 0.2) is 24.5 Å². The van der Waals surface area contributed by atoms with E-state index in [1.54, 1.807) is 12.4 Å². The Morgan fingerprint density at radius 2 is 1.90 bits per heavy atom. The van der Waals surface area contributed by atoms with Gasteiger partial charge >= 0.3 is 0 Å². The zero-order valence-corrected chi connectivity index (χ0v) is 12.6. The molecule has 3 N–H and O–H groups in total. The summed E-state index contributed by atoms with van der Waals surface area (Å²) in [5.41, 5.74) is 8.14. The van der Waals surface area contributed by atoms with E-state index >= 15 is 0 Å². The normalized spacial score (nSPS) is 16.3. The number of nitrogens with two attached hydrogens (primary N) is 1. The van der Waals surface area contributed by atoms with Crippen LogP contribution in [-0.2, 0) is 0 Å². The molecule has 7 heteroatoms. The van der Waals surface area contributed by atoms with Crippen LogP contribution in [0.4, 0.5) is 10.8 Å². The van der Waals surface area contributed by atoms with Crippen molar-refractivity contribution in [3.8, 4) is 11.1 Å². The fourth-order valence-electron chi connectivity index (χ4n) is 2.62. The molecule has 3 rings (SSSR count). The number of nitrogen functional groups attached to an aromatic ring is 1. The highest BCUT2D eigenvalue weighted by molar-refractivity contribution is 7.11. The van der Waals surface area contributed by atoms with Gasteiger partial charge in [0.05, 0.1) is 12.2 Å². The van der Waals surface area contributed by atoms with Gasteiger partial charge in [0.2, 0.25) is 0 Å². The summed E-state index contributed by atoms with van der Waals surface area (Å²) in [6.07, 6.45) is 3.55. The van der Waals surface area contributed by atoms with Crippen molar-refractivity contribution in [3.05, 3.63) is 24.5 Å². The molecule has 1 fully saturated rings. The molecular weight excluding hydrogens is 286 g/mol. The number of hydrogen-bond acceptors (Lipinski definition) is 7. The molecule has 6 nitrogen and oxygen atoms in total. The van der Waals surface area contributed by atoms with Crippen molar-refractivity contribution in [2.24, 2.45) is 0 Å². The van der Waals surface area contributed by atoms with Gasteiger partial charge < -0.3 is 15.7 Å². The maximum absolute atomic E-state index is 9.01. The van der Waals surface area contributed by atoms with Crippen LogP contribution in [0.25, 0.3) is 11.1 Å². The van der Waals surface area contributed by atoms with E-state index in [4.69, 9.17) is 10.8 Å².